The topological polar surface area (TPSA) is 43.4 Å². The zero-order valence-corrected chi connectivity index (χ0v) is 16.3. The smallest absolute Gasteiger partial charge is 0.306 e. The Kier molecular flexibility index (Phi) is 2.65. The SMILES string of the molecule is C[C@]12CCC3C(CC4(CC4)C4=CC(=O)CC[C@@H]43)C1[C@H]1C[C@H]1[C@@]21CCC(=O)O1. The molecule has 27 heavy (non-hydrogen) atoms. The Morgan fingerprint density at radius 3 is 2.59 bits per heavy atom. The number of allylic oxidation sites excluding steroid dienone is 1. The van der Waals surface area contributed by atoms with Gasteiger partial charge in [-0.2, -0.15) is 0 Å². The molecule has 3 nitrogen and oxygen atoms in total. The van der Waals surface area contributed by atoms with Gasteiger partial charge in [0, 0.05) is 24.2 Å². The van der Waals surface area contributed by atoms with E-state index in [1.54, 1.807) is 5.57 Å². The van der Waals surface area contributed by atoms with Crippen molar-refractivity contribution in [3.63, 3.8) is 0 Å². The Hall–Kier alpha value is -1.12. The third-order valence-corrected chi connectivity index (χ3v) is 10.6. The molecule has 0 amide bonds. The van der Waals surface area contributed by atoms with Crippen LogP contribution in [0.2, 0.25) is 0 Å². The summed E-state index contributed by atoms with van der Waals surface area (Å²) in [6, 6.07) is 0. The van der Waals surface area contributed by atoms with E-state index in [1.165, 1.54) is 38.5 Å². The third kappa shape index (κ3) is 1.69. The molecule has 0 N–H and O–H groups in total. The summed E-state index contributed by atoms with van der Waals surface area (Å²) in [7, 11) is 0. The van der Waals surface area contributed by atoms with Gasteiger partial charge in [0.2, 0.25) is 0 Å². The van der Waals surface area contributed by atoms with Crippen molar-refractivity contribution in [2.45, 2.75) is 76.7 Å². The first-order valence-electron chi connectivity index (χ1n) is 11.4. The van der Waals surface area contributed by atoms with E-state index in [1.807, 2.05) is 0 Å². The van der Waals surface area contributed by atoms with Crippen molar-refractivity contribution < 1.29 is 14.3 Å². The van der Waals surface area contributed by atoms with Crippen molar-refractivity contribution in [3.8, 4) is 0 Å². The average molecular weight is 367 g/mol. The zero-order chi connectivity index (χ0) is 18.2. The van der Waals surface area contributed by atoms with Crippen LogP contribution < -0.4 is 0 Å². The van der Waals surface area contributed by atoms with Crippen LogP contribution in [0.3, 0.4) is 0 Å². The molecular formula is C24H30O3. The number of esters is 1. The molecule has 2 spiro atoms. The maximum absolute atomic E-state index is 12.2. The van der Waals surface area contributed by atoms with Gasteiger partial charge in [-0.05, 0) is 92.4 Å². The van der Waals surface area contributed by atoms with Crippen molar-refractivity contribution in [1.82, 2.24) is 0 Å². The molecule has 1 aliphatic heterocycles. The lowest BCUT2D eigenvalue weighted by molar-refractivity contribution is -0.175. The fourth-order valence-corrected chi connectivity index (χ4v) is 9.48. The summed E-state index contributed by atoms with van der Waals surface area (Å²) in [4.78, 5) is 24.3. The van der Waals surface area contributed by atoms with Crippen LogP contribution in [0, 0.1) is 46.3 Å². The van der Waals surface area contributed by atoms with E-state index >= 15 is 0 Å². The van der Waals surface area contributed by atoms with Gasteiger partial charge in [0.15, 0.2) is 5.78 Å². The standard InChI is InChI=1S/C24H30O3/c1-22-6-4-14-15-3-2-13(25)10-18(15)23(8-9-23)12-17(14)21(22)16-11-19(16)24(22)7-5-20(26)27-24/h10,14-17,19,21H,2-9,11-12H2,1H3/t14?,15-,16+,17?,19-,21?,22+,24+/m1/s1. The van der Waals surface area contributed by atoms with E-state index in [0.717, 1.165) is 42.9 Å². The molecule has 144 valence electrons. The van der Waals surface area contributed by atoms with Gasteiger partial charge in [-0.25, -0.2) is 0 Å². The lowest BCUT2D eigenvalue weighted by Crippen LogP contribution is -2.56. The predicted octanol–water partition coefficient (Wildman–Crippen LogP) is 4.45. The summed E-state index contributed by atoms with van der Waals surface area (Å²) in [6.07, 6.45) is 13.3. The summed E-state index contributed by atoms with van der Waals surface area (Å²) in [5.74, 6) is 4.90. The van der Waals surface area contributed by atoms with Crippen molar-refractivity contribution >= 4 is 11.8 Å². The minimum absolute atomic E-state index is 0.0583. The first-order valence-corrected chi connectivity index (χ1v) is 11.4. The van der Waals surface area contributed by atoms with Gasteiger partial charge in [0.05, 0.1) is 0 Å². The molecule has 0 aromatic carbocycles. The van der Waals surface area contributed by atoms with Crippen molar-refractivity contribution in [2.75, 3.05) is 0 Å². The van der Waals surface area contributed by atoms with Crippen LogP contribution in [0.4, 0.5) is 0 Å². The van der Waals surface area contributed by atoms with Crippen LogP contribution >= 0.6 is 0 Å². The number of hydrogen-bond acceptors (Lipinski definition) is 3. The van der Waals surface area contributed by atoms with Gasteiger partial charge >= 0.3 is 5.97 Å². The summed E-state index contributed by atoms with van der Waals surface area (Å²) in [5, 5.41) is 0. The number of carbonyl (C=O) groups excluding carboxylic acids is 2. The van der Waals surface area contributed by atoms with E-state index < -0.39 is 0 Å². The highest BCUT2D eigenvalue weighted by Crippen LogP contribution is 2.80. The molecule has 1 saturated heterocycles. The molecule has 0 radical (unpaired) electrons. The Morgan fingerprint density at radius 2 is 1.85 bits per heavy atom. The molecule has 8 atom stereocenters. The van der Waals surface area contributed by atoms with E-state index in [-0.39, 0.29) is 17.0 Å². The molecule has 7 aliphatic rings. The first-order chi connectivity index (χ1) is 13.0. The molecule has 0 bridgehead atoms. The zero-order valence-electron chi connectivity index (χ0n) is 16.3. The molecule has 7 rings (SSSR count). The van der Waals surface area contributed by atoms with Gasteiger partial charge in [-0.3, -0.25) is 9.59 Å². The van der Waals surface area contributed by atoms with Crippen LogP contribution in [-0.2, 0) is 14.3 Å². The Balaban J connectivity index is 1.31. The van der Waals surface area contributed by atoms with Crippen molar-refractivity contribution in [2.24, 2.45) is 46.3 Å². The average Bonchev–Trinajstić information content (AvgIpc) is 3.54. The van der Waals surface area contributed by atoms with Gasteiger partial charge in [0.25, 0.3) is 0 Å². The molecule has 6 fully saturated rings. The molecule has 0 aromatic heterocycles. The van der Waals surface area contributed by atoms with Crippen LogP contribution in [0.1, 0.15) is 71.1 Å². The molecule has 1 heterocycles. The van der Waals surface area contributed by atoms with E-state index in [9.17, 15) is 9.59 Å². The fraction of sp³-hybridized carbons (Fsp3) is 0.833. The number of rotatable bonds is 0. The van der Waals surface area contributed by atoms with Crippen LogP contribution in [0.15, 0.2) is 11.6 Å². The van der Waals surface area contributed by atoms with E-state index in [2.05, 4.69) is 13.0 Å². The van der Waals surface area contributed by atoms with Gasteiger partial charge in [-0.1, -0.05) is 12.5 Å². The van der Waals surface area contributed by atoms with Crippen molar-refractivity contribution in [3.05, 3.63) is 11.6 Å². The highest BCUT2D eigenvalue weighted by molar-refractivity contribution is 5.91. The summed E-state index contributed by atoms with van der Waals surface area (Å²) in [6.45, 7) is 2.49. The Morgan fingerprint density at radius 1 is 1.00 bits per heavy atom. The van der Waals surface area contributed by atoms with Crippen molar-refractivity contribution in [1.29, 1.82) is 0 Å². The fourth-order valence-electron chi connectivity index (χ4n) is 9.48. The lowest BCUT2D eigenvalue weighted by Gasteiger charge is -2.58. The maximum atomic E-state index is 12.2. The predicted molar refractivity (Wildman–Crippen MR) is 99.6 cm³/mol. The molecular weight excluding hydrogens is 336 g/mol. The second-order valence-electron chi connectivity index (χ2n) is 11.4. The quantitative estimate of drug-likeness (QED) is 0.595. The van der Waals surface area contributed by atoms with Crippen LogP contribution in [-0.4, -0.2) is 17.4 Å². The Labute approximate surface area is 161 Å². The van der Waals surface area contributed by atoms with Gasteiger partial charge in [0.1, 0.15) is 5.60 Å². The van der Waals surface area contributed by atoms with E-state index in [0.29, 0.717) is 29.5 Å². The third-order valence-electron chi connectivity index (χ3n) is 10.6. The second kappa shape index (κ2) is 4.54. The number of hydrogen-bond donors (Lipinski definition) is 0. The minimum Gasteiger partial charge on any atom is -0.458 e. The summed E-state index contributed by atoms with van der Waals surface area (Å²) < 4.78 is 6.21. The molecule has 0 aromatic rings. The number of carbonyl (C=O) groups is 2. The largest absolute Gasteiger partial charge is 0.458 e. The normalized spacial score (nSPS) is 56.1. The van der Waals surface area contributed by atoms with Gasteiger partial charge < -0.3 is 4.74 Å². The Bertz CT molecular complexity index is 806. The number of ether oxygens (including phenoxy) is 1. The van der Waals surface area contributed by atoms with E-state index in [4.69, 9.17) is 4.74 Å². The lowest BCUT2D eigenvalue weighted by atomic mass is 9.47. The molecule has 5 saturated carbocycles. The molecule has 6 aliphatic carbocycles. The van der Waals surface area contributed by atoms with Crippen LogP contribution in [0.5, 0.6) is 0 Å². The van der Waals surface area contributed by atoms with Gasteiger partial charge in [-0.15, -0.1) is 0 Å². The number of ketones is 1. The maximum Gasteiger partial charge on any atom is 0.306 e. The highest BCUT2D eigenvalue weighted by Gasteiger charge is 2.79. The molecule has 3 heteroatoms. The van der Waals surface area contributed by atoms with Crippen LogP contribution in [0.25, 0.3) is 0 Å². The minimum atomic E-state index is -0.125. The molecule has 3 unspecified atom stereocenters. The monoisotopic (exact) mass is 366 g/mol. The summed E-state index contributed by atoms with van der Waals surface area (Å²) in [5.41, 5.74) is 2.03. The first kappa shape index (κ1) is 15.8. The summed E-state index contributed by atoms with van der Waals surface area (Å²) >= 11 is 0. The highest BCUT2D eigenvalue weighted by atomic mass is 16.6. The number of fused-ring (bicyclic) bond motifs is 10. The second-order valence-corrected chi connectivity index (χ2v) is 11.4.